The lowest BCUT2D eigenvalue weighted by Gasteiger charge is -2.31. The van der Waals surface area contributed by atoms with Gasteiger partial charge in [0, 0.05) is 19.1 Å². The van der Waals surface area contributed by atoms with Gasteiger partial charge < -0.3 is 20.1 Å². The number of nitrogens with one attached hydrogen (secondary N) is 2. The average molecular weight is 558 g/mol. The van der Waals surface area contributed by atoms with Gasteiger partial charge >= 0.3 is 0 Å². The summed E-state index contributed by atoms with van der Waals surface area (Å²) < 4.78 is 39.0. The van der Waals surface area contributed by atoms with Crippen molar-refractivity contribution in [2.45, 2.75) is 81.8 Å². The Hall–Kier alpha value is -2.46. The third-order valence-corrected chi connectivity index (χ3v) is 9.97. The molecule has 2 N–H and O–H groups in total. The second kappa shape index (κ2) is 13.7. The predicted octanol–water partition coefficient (Wildman–Crippen LogP) is 3.87. The minimum atomic E-state index is -3.89. The number of hydrogen-bond acceptors (Lipinski definition) is 7. The monoisotopic (exact) mass is 557 g/mol. The molecule has 39 heavy (non-hydrogen) atoms. The molecule has 0 saturated carbocycles. The van der Waals surface area contributed by atoms with Crippen molar-refractivity contribution in [3.63, 3.8) is 0 Å². The fourth-order valence-corrected chi connectivity index (χ4v) is 7.83. The fraction of sp³-hybridized carbons (Fsp3) is 0.567. The Balaban J connectivity index is 1.38. The molecule has 214 valence electrons. The van der Waals surface area contributed by atoms with Gasteiger partial charge in [-0.25, -0.2) is 8.42 Å². The lowest BCUT2D eigenvalue weighted by atomic mass is 10.1. The molecule has 0 aromatic heterocycles. The Bertz CT molecular complexity index is 1180. The van der Waals surface area contributed by atoms with Gasteiger partial charge in [0.15, 0.2) is 5.44 Å². The molecule has 0 aliphatic carbocycles. The molecule has 2 saturated heterocycles. The normalized spacial score (nSPS) is 19.4. The Morgan fingerprint density at radius 1 is 1.03 bits per heavy atom. The van der Waals surface area contributed by atoms with Gasteiger partial charge in [0.2, 0.25) is 15.7 Å². The van der Waals surface area contributed by atoms with E-state index < -0.39 is 15.3 Å². The van der Waals surface area contributed by atoms with Crippen LogP contribution in [0.3, 0.4) is 0 Å². The predicted molar refractivity (Wildman–Crippen MR) is 152 cm³/mol. The molecule has 2 aromatic rings. The zero-order valence-corrected chi connectivity index (χ0v) is 24.3. The first-order valence-corrected chi connectivity index (χ1v) is 15.6. The SMILES string of the molecule is COc1cc(C)c(S(=O)(=O)C(OCC(=O)NCc2ccc(CN3CCCCC3)cc2)C2CCCCN2)c(C)c1. The lowest BCUT2D eigenvalue weighted by molar-refractivity contribution is -0.126. The molecule has 2 aliphatic rings. The van der Waals surface area contributed by atoms with Crippen molar-refractivity contribution in [1.29, 1.82) is 0 Å². The van der Waals surface area contributed by atoms with E-state index in [4.69, 9.17) is 9.47 Å². The molecule has 2 unspecified atom stereocenters. The largest absolute Gasteiger partial charge is 0.497 e. The van der Waals surface area contributed by atoms with Crippen molar-refractivity contribution in [1.82, 2.24) is 15.5 Å². The number of aryl methyl sites for hydroxylation is 2. The molecule has 1 amide bonds. The van der Waals surface area contributed by atoms with Crippen LogP contribution in [0.1, 0.15) is 60.8 Å². The van der Waals surface area contributed by atoms with E-state index in [1.807, 2.05) is 12.1 Å². The summed E-state index contributed by atoms with van der Waals surface area (Å²) in [5, 5.41) is 6.19. The van der Waals surface area contributed by atoms with Gasteiger partial charge in [0.1, 0.15) is 12.4 Å². The summed E-state index contributed by atoms with van der Waals surface area (Å²) in [6, 6.07) is 11.4. The van der Waals surface area contributed by atoms with Crippen LogP contribution in [0, 0.1) is 13.8 Å². The first-order valence-electron chi connectivity index (χ1n) is 14.1. The number of amides is 1. The van der Waals surface area contributed by atoms with Gasteiger partial charge in [-0.1, -0.05) is 37.1 Å². The zero-order chi connectivity index (χ0) is 27.8. The highest BCUT2D eigenvalue weighted by Crippen LogP contribution is 2.31. The Labute approximate surface area is 233 Å². The Morgan fingerprint density at radius 3 is 2.31 bits per heavy atom. The second-order valence-electron chi connectivity index (χ2n) is 10.8. The number of carbonyl (C=O) groups is 1. The van der Waals surface area contributed by atoms with E-state index in [1.165, 1.54) is 24.8 Å². The molecule has 2 atom stereocenters. The summed E-state index contributed by atoms with van der Waals surface area (Å²) in [4.78, 5) is 15.5. The summed E-state index contributed by atoms with van der Waals surface area (Å²) in [5.41, 5.74) is 2.30. The molecule has 0 radical (unpaired) electrons. The van der Waals surface area contributed by atoms with Crippen molar-refractivity contribution in [3.05, 3.63) is 58.7 Å². The number of rotatable bonds is 11. The molecule has 2 heterocycles. The molecule has 0 bridgehead atoms. The number of nitrogens with zero attached hydrogens (tertiary/aromatic N) is 1. The molecule has 9 heteroatoms. The summed E-state index contributed by atoms with van der Waals surface area (Å²) in [5.74, 6) is 0.266. The van der Waals surface area contributed by atoms with Crippen LogP contribution >= 0.6 is 0 Å². The van der Waals surface area contributed by atoms with E-state index in [0.29, 0.717) is 29.8 Å². The summed E-state index contributed by atoms with van der Waals surface area (Å²) >= 11 is 0. The van der Waals surface area contributed by atoms with Crippen molar-refractivity contribution in [2.24, 2.45) is 0 Å². The highest BCUT2D eigenvalue weighted by molar-refractivity contribution is 7.92. The summed E-state index contributed by atoms with van der Waals surface area (Å²) in [7, 11) is -2.33. The maximum Gasteiger partial charge on any atom is 0.246 e. The number of methoxy groups -OCH3 is 1. The first kappa shape index (κ1) is 29.5. The molecule has 2 fully saturated rings. The second-order valence-corrected chi connectivity index (χ2v) is 12.8. The van der Waals surface area contributed by atoms with Crippen LogP contribution in [-0.4, -0.2) is 64.1 Å². The number of likely N-dealkylation sites (tertiary alicyclic amines) is 1. The molecule has 2 aliphatic heterocycles. The third-order valence-electron chi connectivity index (χ3n) is 7.68. The molecule has 4 rings (SSSR count). The van der Waals surface area contributed by atoms with E-state index in [-0.39, 0.29) is 23.5 Å². The summed E-state index contributed by atoms with van der Waals surface area (Å²) in [6.07, 6.45) is 6.43. The average Bonchev–Trinajstić information content (AvgIpc) is 2.93. The third kappa shape index (κ3) is 7.81. The van der Waals surface area contributed by atoms with Crippen molar-refractivity contribution in [2.75, 3.05) is 33.4 Å². The minimum absolute atomic E-state index is 0.241. The number of ether oxygens (including phenoxy) is 2. The number of sulfone groups is 1. The van der Waals surface area contributed by atoms with Crippen LogP contribution in [0.5, 0.6) is 5.75 Å². The molecule has 0 spiro atoms. The highest BCUT2D eigenvalue weighted by Gasteiger charge is 2.38. The number of hydrogen-bond donors (Lipinski definition) is 2. The van der Waals surface area contributed by atoms with E-state index in [0.717, 1.165) is 44.6 Å². The van der Waals surface area contributed by atoms with Gasteiger partial charge in [0.25, 0.3) is 0 Å². The quantitative estimate of drug-likeness (QED) is 0.433. The van der Waals surface area contributed by atoms with Crippen LogP contribution in [0.15, 0.2) is 41.3 Å². The van der Waals surface area contributed by atoms with Crippen molar-refractivity contribution in [3.8, 4) is 5.75 Å². The Morgan fingerprint density at radius 2 is 1.69 bits per heavy atom. The van der Waals surface area contributed by atoms with E-state index >= 15 is 0 Å². The topological polar surface area (TPSA) is 97.0 Å². The number of benzene rings is 2. The summed E-state index contributed by atoms with van der Waals surface area (Å²) in [6.45, 7) is 7.55. The Kier molecular flexibility index (Phi) is 10.4. The van der Waals surface area contributed by atoms with E-state index in [2.05, 4.69) is 27.7 Å². The molecule has 8 nitrogen and oxygen atoms in total. The van der Waals surface area contributed by atoms with Crippen molar-refractivity contribution >= 4 is 15.7 Å². The first-order chi connectivity index (χ1) is 18.8. The molecular weight excluding hydrogens is 514 g/mol. The van der Waals surface area contributed by atoms with E-state index in [9.17, 15) is 13.2 Å². The standard InChI is InChI=1S/C30H43N3O5S/c1-22-17-26(37-3)18-23(2)29(22)39(35,36)30(27-9-5-6-14-31-27)38-21-28(34)32-19-24-10-12-25(13-11-24)20-33-15-7-4-8-16-33/h10-13,17-18,27,30-31H,4-9,14-16,19-21H2,1-3H3,(H,32,34). The van der Waals surface area contributed by atoms with Gasteiger partial charge in [-0.2, -0.15) is 0 Å². The van der Waals surface area contributed by atoms with Gasteiger partial charge in [0.05, 0.1) is 12.0 Å². The van der Waals surface area contributed by atoms with Gasteiger partial charge in [-0.05, 0) is 93.6 Å². The van der Waals surface area contributed by atoms with Crippen molar-refractivity contribution < 1.29 is 22.7 Å². The number of piperidine rings is 2. The van der Waals surface area contributed by atoms with Gasteiger partial charge in [-0.15, -0.1) is 0 Å². The van der Waals surface area contributed by atoms with Crippen LogP contribution in [0.2, 0.25) is 0 Å². The number of carbonyl (C=O) groups excluding carboxylic acids is 1. The molecular formula is C30H43N3O5S. The zero-order valence-electron chi connectivity index (χ0n) is 23.5. The smallest absolute Gasteiger partial charge is 0.246 e. The van der Waals surface area contributed by atoms with E-state index in [1.54, 1.807) is 33.1 Å². The maximum atomic E-state index is 13.9. The molecule has 2 aromatic carbocycles. The van der Waals surface area contributed by atoms with Crippen LogP contribution < -0.4 is 15.4 Å². The van der Waals surface area contributed by atoms with Crippen LogP contribution in [0.4, 0.5) is 0 Å². The maximum absolute atomic E-state index is 13.9. The highest BCUT2D eigenvalue weighted by atomic mass is 32.2. The lowest BCUT2D eigenvalue weighted by Crippen LogP contribution is -2.49. The fourth-order valence-electron chi connectivity index (χ4n) is 5.67. The van der Waals surface area contributed by atoms with Crippen LogP contribution in [-0.2, 0) is 32.5 Å². The van der Waals surface area contributed by atoms with Gasteiger partial charge in [-0.3, -0.25) is 9.69 Å². The van der Waals surface area contributed by atoms with Crippen LogP contribution in [0.25, 0.3) is 0 Å². The minimum Gasteiger partial charge on any atom is -0.497 e.